The molecular weight excluding hydrogens is 348 g/mol. The second-order valence-electron chi connectivity index (χ2n) is 5.63. The van der Waals surface area contributed by atoms with E-state index >= 15 is 0 Å². The van der Waals surface area contributed by atoms with Gasteiger partial charge in [-0.15, -0.1) is 11.8 Å². The van der Waals surface area contributed by atoms with Crippen molar-refractivity contribution < 1.29 is 9.21 Å². The number of benzene rings is 1. The van der Waals surface area contributed by atoms with Crippen LogP contribution >= 0.6 is 11.8 Å². The van der Waals surface area contributed by atoms with Crippen LogP contribution in [0.4, 0.5) is 0 Å². The summed E-state index contributed by atoms with van der Waals surface area (Å²) in [5.41, 5.74) is 0.846. The molecule has 2 aromatic rings. The lowest BCUT2D eigenvalue weighted by atomic mass is 10.2. The number of nitrogens with zero attached hydrogens (tertiary/aromatic N) is 1. The molecule has 1 aromatic heterocycles. The lowest BCUT2D eigenvalue weighted by molar-refractivity contribution is 0.0925. The number of rotatable bonds is 9. The van der Waals surface area contributed by atoms with E-state index in [9.17, 15) is 4.79 Å². The highest BCUT2D eigenvalue weighted by molar-refractivity contribution is 7.99. The molecule has 0 spiro atoms. The minimum atomic E-state index is -0.173. The van der Waals surface area contributed by atoms with Crippen molar-refractivity contribution in [2.75, 3.05) is 32.4 Å². The Labute approximate surface area is 158 Å². The van der Waals surface area contributed by atoms with Crippen molar-refractivity contribution in [1.82, 2.24) is 16.0 Å². The van der Waals surface area contributed by atoms with Gasteiger partial charge in [-0.3, -0.25) is 9.79 Å². The van der Waals surface area contributed by atoms with E-state index in [4.69, 9.17) is 4.42 Å². The fourth-order valence-electron chi connectivity index (χ4n) is 2.26. The van der Waals surface area contributed by atoms with Crippen molar-refractivity contribution in [2.45, 2.75) is 18.2 Å². The summed E-state index contributed by atoms with van der Waals surface area (Å²) in [6.07, 6.45) is 2.32. The predicted octanol–water partition coefficient (Wildman–Crippen LogP) is 2.67. The number of guanidine groups is 1. The first-order valence-electron chi connectivity index (χ1n) is 8.65. The van der Waals surface area contributed by atoms with Crippen LogP contribution in [0.1, 0.15) is 22.5 Å². The number of amides is 1. The van der Waals surface area contributed by atoms with Crippen molar-refractivity contribution in [2.24, 2.45) is 4.99 Å². The lowest BCUT2D eigenvalue weighted by Gasteiger charge is -2.12. The van der Waals surface area contributed by atoms with E-state index in [0.29, 0.717) is 12.3 Å². The van der Waals surface area contributed by atoms with E-state index in [1.165, 1.54) is 11.2 Å². The Kier molecular flexibility index (Phi) is 8.62. The van der Waals surface area contributed by atoms with Crippen molar-refractivity contribution in [1.29, 1.82) is 0 Å². The molecule has 0 bridgehead atoms. The minimum absolute atomic E-state index is 0.173. The van der Waals surface area contributed by atoms with Gasteiger partial charge in [-0.2, -0.15) is 0 Å². The number of furan rings is 1. The molecule has 0 fully saturated rings. The monoisotopic (exact) mass is 374 g/mol. The zero-order valence-electron chi connectivity index (χ0n) is 15.2. The van der Waals surface area contributed by atoms with Crippen LogP contribution in [0.3, 0.4) is 0 Å². The Balaban J connectivity index is 1.54. The molecule has 0 radical (unpaired) electrons. The molecule has 0 saturated carbocycles. The van der Waals surface area contributed by atoms with E-state index in [1.54, 1.807) is 24.9 Å². The Morgan fingerprint density at radius 3 is 2.50 bits per heavy atom. The number of aryl methyl sites for hydroxylation is 1. The zero-order valence-corrected chi connectivity index (χ0v) is 16.1. The molecule has 0 aliphatic rings. The highest BCUT2D eigenvalue weighted by Gasteiger charge is 2.11. The molecule has 1 aromatic carbocycles. The largest absolute Gasteiger partial charge is 0.459 e. The topological polar surface area (TPSA) is 78.7 Å². The summed E-state index contributed by atoms with van der Waals surface area (Å²) < 4.78 is 5.17. The van der Waals surface area contributed by atoms with Crippen LogP contribution in [0.15, 0.2) is 57.0 Å². The van der Waals surface area contributed by atoms with Crippen LogP contribution in [0, 0.1) is 6.92 Å². The van der Waals surface area contributed by atoms with Gasteiger partial charge >= 0.3 is 0 Å². The molecule has 140 valence electrons. The standard InChI is InChI=1S/C19H26N4O2S/c1-15-9-13-25-17(15)18(24)21-10-6-11-22-19(20-2)23-12-14-26-16-7-4-3-5-8-16/h3-5,7-9,13H,6,10-12,14H2,1-2H3,(H,21,24)(H2,20,22,23). The van der Waals surface area contributed by atoms with Gasteiger partial charge in [-0.25, -0.2) is 0 Å². The summed E-state index contributed by atoms with van der Waals surface area (Å²) in [7, 11) is 1.75. The Morgan fingerprint density at radius 1 is 1.08 bits per heavy atom. The summed E-state index contributed by atoms with van der Waals surface area (Å²) in [6, 6.07) is 12.1. The maximum absolute atomic E-state index is 11.9. The fourth-order valence-corrected chi connectivity index (χ4v) is 3.05. The maximum Gasteiger partial charge on any atom is 0.287 e. The molecule has 0 unspecified atom stereocenters. The van der Waals surface area contributed by atoms with Crippen molar-refractivity contribution in [3.8, 4) is 0 Å². The Bertz CT molecular complexity index is 701. The quantitative estimate of drug-likeness (QED) is 0.272. The number of hydrogen-bond donors (Lipinski definition) is 3. The summed E-state index contributed by atoms with van der Waals surface area (Å²) in [5, 5.41) is 9.38. The van der Waals surface area contributed by atoms with E-state index in [-0.39, 0.29) is 5.91 Å². The smallest absolute Gasteiger partial charge is 0.287 e. The third kappa shape index (κ3) is 6.84. The van der Waals surface area contributed by atoms with E-state index in [0.717, 1.165) is 36.8 Å². The molecule has 0 atom stereocenters. The molecule has 7 heteroatoms. The number of thioether (sulfide) groups is 1. The molecule has 6 nitrogen and oxygen atoms in total. The minimum Gasteiger partial charge on any atom is -0.459 e. The van der Waals surface area contributed by atoms with Gasteiger partial charge in [0.1, 0.15) is 0 Å². The van der Waals surface area contributed by atoms with Crippen LogP contribution in [0.5, 0.6) is 0 Å². The maximum atomic E-state index is 11.9. The highest BCUT2D eigenvalue weighted by atomic mass is 32.2. The van der Waals surface area contributed by atoms with E-state index in [1.807, 2.05) is 25.1 Å². The number of nitrogens with one attached hydrogen (secondary N) is 3. The first-order chi connectivity index (χ1) is 12.7. The molecule has 1 amide bonds. The molecule has 26 heavy (non-hydrogen) atoms. The first kappa shape index (κ1) is 19.9. The van der Waals surface area contributed by atoms with Crippen LogP contribution in [0.2, 0.25) is 0 Å². The summed E-state index contributed by atoms with van der Waals surface area (Å²) in [5.74, 6) is 1.94. The van der Waals surface area contributed by atoms with Gasteiger partial charge < -0.3 is 20.4 Å². The number of carbonyl (C=O) groups is 1. The number of carbonyl (C=O) groups excluding carboxylic acids is 1. The van der Waals surface area contributed by atoms with Gasteiger partial charge in [-0.05, 0) is 31.5 Å². The van der Waals surface area contributed by atoms with Gasteiger partial charge in [0, 0.05) is 42.9 Å². The van der Waals surface area contributed by atoms with E-state index in [2.05, 4.69) is 33.1 Å². The molecule has 0 saturated heterocycles. The highest BCUT2D eigenvalue weighted by Crippen LogP contribution is 2.15. The van der Waals surface area contributed by atoms with Crippen molar-refractivity contribution >= 4 is 23.6 Å². The normalized spacial score (nSPS) is 11.2. The third-order valence-electron chi connectivity index (χ3n) is 3.63. The lowest BCUT2D eigenvalue weighted by Crippen LogP contribution is -2.39. The first-order valence-corrected chi connectivity index (χ1v) is 9.64. The molecule has 3 N–H and O–H groups in total. The van der Waals surface area contributed by atoms with Crippen LogP contribution in [0.25, 0.3) is 0 Å². The second-order valence-corrected chi connectivity index (χ2v) is 6.80. The van der Waals surface area contributed by atoms with Crippen LogP contribution in [-0.4, -0.2) is 44.3 Å². The van der Waals surface area contributed by atoms with Gasteiger partial charge in [0.2, 0.25) is 0 Å². The molecule has 0 aliphatic heterocycles. The predicted molar refractivity (Wildman–Crippen MR) is 107 cm³/mol. The van der Waals surface area contributed by atoms with Crippen LogP contribution in [-0.2, 0) is 0 Å². The van der Waals surface area contributed by atoms with Gasteiger partial charge in [0.05, 0.1) is 6.26 Å². The molecule has 1 heterocycles. The Morgan fingerprint density at radius 2 is 1.81 bits per heavy atom. The molecule has 2 rings (SSSR count). The number of hydrogen-bond acceptors (Lipinski definition) is 4. The second kappa shape index (κ2) is 11.3. The van der Waals surface area contributed by atoms with Crippen LogP contribution < -0.4 is 16.0 Å². The van der Waals surface area contributed by atoms with Gasteiger partial charge in [0.25, 0.3) is 5.91 Å². The summed E-state index contributed by atoms with van der Waals surface area (Å²) >= 11 is 1.81. The molecular formula is C19H26N4O2S. The summed E-state index contributed by atoms with van der Waals surface area (Å²) in [6.45, 7) is 3.98. The Hall–Kier alpha value is -2.41. The zero-order chi connectivity index (χ0) is 18.6. The fraction of sp³-hybridized carbons (Fsp3) is 0.368. The summed E-state index contributed by atoms with van der Waals surface area (Å²) in [4.78, 5) is 17.4. The SMILES string of the molecule is CN=C(NCCCNC(=O)c1occc1C)NCCSc1ccccc1. The number of aliphatic imine (C=N–C) groups is 1. The van der Waals surface area contributed by atoms with Crippen molar-refractivity contribution in [3.63, 3.8) is 0 Å². The average Bonchev–Trinajstić information content (AvgIpc) is 3.10. The third-order valence-corrected chi connectivity index (χ3v) is 4.64. The van der Waals surface area contributed by atoms with Gasteiger partial charge in [0.15, 0.2) is 11.7 Å². The average molecular weight is 375 g/mol. The molecule has 0 aliphatic carbocycles. The van der Waals surface area contributed by atoms with Gasteiger partial charge in [-0.1, -0.05) is 18.2 Å². The van der Waals surface area contributed by atoms with E-state index < -0.39 is 0 Å². The van der Waals surface area contributed by atoms with Crippen molar-refractivity contribution in [3.05, 3.63) is 54.0 Å².